The van der Waals surface area contributed by atoms with Gasteiger partial charge in [-0.25, -0.2) is 9.46 Å². The van der Waals surface area contributed by atoms with Crippen molar-refractivity contribution in [1.82, 2.24) is 14.2 Å². The fourth-order valence-corrected chi connectivity index (χ4v) is 9.11. The van der Waals surface area contributed by atoms with Crippen LogP contribution < -0.4 is 20.7 Å². The number of hydrogen-bond acceptors (Lipinski definition) is 12. The lowest BCUT2D eigenvalue weighted by atomic mass is 9.80. The molecule has 4 aromatic rings. The second-order valence-electron chi connectivity index (χ2n) is 15.3. The normalized spacial score (nSPS) is 18.7. The highest BCUT2D eigenvalue weighted by molar-refractivity contribution is 7.44. The van der Waals surface area contributed by atoms with Crippen LogP contribution in [0.5, 0.6) is 11.5 Å². The minimum Gasteiger partial charge on any atom is -0.497 e. The molecule has 0 aliphatic carbocycles. The SMILES string of the molecule is COc1ccc(C(OC[C@H]2O[C@@H](n3ccc(=O)[nH]c3=O)[C@@H](OCOCC(C(F)(F)F)C(F)(F)F)C2OP(OCCC#N)N(C(C)C)C(C)C)(c2ccccc2)c2ccc(OC)cc2)cc1. The first-order valence-corrected chi connectivity index (χ1v) is 21.5. The Morgan fingerprint density at radius 2 is 1.37 bits per heavy atom. The molecule has 1 aliphatic rings. The monoisotopic (exact) mass is 940 g/mol. The van der Waals surface area contributed by atoms with Crippen molar-refractivity contribution in [2.24, 2.45) is 5.92 Å². The highest BCUT2D eigenvalue weighted by Gasteiger charge is 2.57. The Morgan fingerprint density at radius 1 is 0.815 bits per heavy atom. The largest absolute Gasteiger partial charge is 0.497 e. The van der Waals surface area contributed by atoms with E-state index in [0.717, 1.165) is 16.8 Å². The van der Waals surface area contributed by atoms with Gasteiger partial charge in [0, 0.05) is 24.3 Å². The lowest BCUT2D eigenvalue weighted by Crippen LogP contribution is -2.44. The summed E-state index contributed by atoms with van der Waals surface area (Å²) in [6.45, 7) is 4.01. The zero-order valence-electron chi connectivity index (χ0n) is 36.4. The van der Waals surface area contributed by atoms with Crippen molar-refractivity contribution in [2.75, 3.05) is 40.8 Å². The number of nitrogens with one attached hydrogen (secondary N) is 1. The van der Waals surface area contributed by atoms with Gasteiger partial charge in [-0.05, 0) is 68.7 Å². The molecule has 0 spiro atoms. The third kappa shape index (κ3) is 12.5. The molecule has 0 amide bonds. The lowest BCUT2D eigenvalue weighted by molar-refractivity contribution is -0.299. The molecule has 2 heterocycles. The molecule has 1 aliphatic heterocycles. The van der Waals surface area contributed by atoms with Crippen molar-refractivity contribution < 1.29 is 63.8 Å². The zero-order valence-corrected chi connectivity index (χ0v) is 37.3. The van der Waals surface area contributed by atoms with Crippen molar-refractivity contribution in [3.8, 4) is 17.6 Å². The molecule has 1 aromatic heterocycles. The summed E-state index contributed by atoms with van der Waals surface area (Å²) in [4.78, 5) is 27.8. The molecule has 5 atom stereocenters. The maximum Gasteiger partial charge on any atom is 0.402 e. The first-order chi connectivity index (χ1) is 30.8. The summed E-state index contributed by atoms with van der Waals surface area (Å²) in [5.41, 5.74) is -1.31. The highest BCUT2D eigenvalue weighted by atomic mass is 31.2. The fraction of sp³-hybridized carbons (Fsp3) is 0.477. The van der Waals surface area contributed by atoms with E-state index in [1.165, 1.54) is 14.2 Å². The summed E-state index contributed by atoms with van der Waals surface area (Å²) in [7, 11) is 0.878. The van der Waals surface area contributed by atoms with Crippen LogP contribution in [0.1, 0.15) is 57.0 Å². The van der Waals surface area contributed by atoms with Crippen LogP contribution in [-0.2, 0) is 33.6 Å². The van der Waals surface area contributed by atoms with E-state index in [1.54, 1.807) is 24.3 Å². The van der Waals surface area contributed by atoms with Crippen LogP contribution in [0.4, 0.5) is 26.3 Å². The van der Waals surface area contributed by atoms with E-state index in [-0.39, 0.29) is 31.7 Å². The molecule has 21 heteroatoms. The van der Waals surface area contributed by atoms with Crippen LogP contribution in [0, 0.1) is 17.2 Å². The Hall–Kier alpha value is -4.84. The van der Waals surface area contributed by atoms with E-state index < -0.39 is 81.6 Å². The van der Waals surface area contributed by atoms with Gasteiger partial charge in [0.25, 0.3) is 14.1 Å². The molecule has 0 radical (unpaired) electrons. The number of aromatic nitrogens is 2. The first-order valence-electron chi connectivity index (χ1n) is 20.4. The second-order valence-corrected chi connectivity index (χ2v) is 16.7. The molecule has 0 saturated carbocycles. The van der Waals surface area contributed by atoms with Crippen molar-refractivity contribution in [3.05, 3.63) is 129 Å². The number of hydrogen-bond donors (Lipinski definition) is 1. The predicted octanol–water partition coefficient (Wildman–Crippen LogP) is 8.22. The smallest absolute Gasteiger partial charge is 0.402 e. The molecule has 5 rings (SSSR count). The van der Waals surface area contributed by atoms with Crippen molar-refractivity contribution >= 4 is 8.53 Å². The maximum atomic E-state index is 13.5. The third-order valence-electron chi connectivity index (χ3n) is 10.3. The lowest BCUT2D eigenvalue weighted by Gasteiger charge is -2.39. The van der Waals surface area contributed by atoms with Gasteiger partial charge >= 0.3 is 18.0 Å². The molecule has 14 nitrogen and oxygen atoms in total. The van der Waals surface area contributed by atoms with Crippen LogP contribution in [0.2, 0.25) is 0 Å². The van der Waals surface area contributed by atoms with Crippen LogP contribution >= 0.6 is 8.53 Å². The molecule has 354 valence electrons. The topological polar surface area (TPSA) is 156 Å². The number of aromatic amines is 1. The number of nitriles is 1. The number of halogens is 6. The van der Waals surface area contributed by atoms with E-state index in [9.17, 15) is 41.2 Å². The first kappa shape index (κ1) is 51.1. The average molecular weight is 941 g/mol. The van der Waals surface area contributed by atoms with Gasteiger partial charge in [-0.2, -0.15) is 31.6 Å². The number of ether oxygens (including phenoxy) is 6. The zero-order chi connectivity index (χ0) is 47.5. The van der Waals surface area contributed by atoms with Crippen molar-refractivity contribution in [2.45, 2.75) is 88.7 Å². The molecule has 3 aromatic carbocycles. The molecule has 1 N–H and O–H groups in total. The Balaban J connectivity index is 1.67. The fourth-order valence-electron chi connectivity index (χ4n) is 7.35. The van der Waals surface area contributed by atoms with E-state index in [1.807, 2.05) is 93.0 Å². The molecule has 1 fully saturated rings. The number of methoxy groups -OCH3 is 2. The third-order valence-corrected chi connectivity index (χ3v) is 12.5. The van der Waals surface area contributed by atoms with Gasteiger partial charge in [0.15, 0.2) is 12.1 Å². The number of nitrogens with zero attached hydrogens (tertiary/aromatic N) is 3. The standard InChI is InChI=1S/C44H51F6N4O10P/c1-28(2)54(29(3)4)65(62-24-10-22-51)64-38-35(63-40(53-23-21-37(55)52-41(53)56)39(38)60-27-59-26-36(43(45,46)47)44(48,49)50)25-61-42(30-11-8-7-9-12-30,31-13-17-33(57-5)18-14-31)32-15-19-34(58-6)20-16-32/h7-9,11-21,23,28-29,35-36,38-40H,10,24-27H2,1-6H3,(H,52,55,56)/t35-,38?,39+,40-,65?/m1/s1. The molecule has 0 bridgehead atoms. The van der Waals surface area contributed by atoms with Crippen molar-refractivity contribution in [3.63, 3.8) is 0 Å². The van der Waals surface area contributed by atoms with Gasteiger partial charge in [0.1, 0.15) is 42.2 Å². The summed E-state index contributed by atoms with van der Waals surface area (Å²) in [6.07, 6.45) is -16.1. The van der Waals surface area contributed by atoms with Crippen LogP contribution in [0.15, 0.2) is 101 Å². The van der Waals surface area contributed by atoms with E-state index in [0.29, 0.717) is 28.2 Å². The van der Waals surface area contributed by atoms with Gasteiger partial charge in [-0.1, -0.05) is 54.6 Å². The summed E-state index contributed by atoms with van der Waals surface area (Å²) < 4.78 is 132. The summed E-state index contributed by atoms with van der Waals surface area (Å²) in [5.74, 6) is -2.73. The molecule has 2 unspecified atom stereocenters. The summed E-state index contributed by atoms with van der Waals surface area (Å²) >= 11 is 0. The summed E-state index contributed by atoms with van der Waals surface area (Å²) in [5, 5.41) is 9.40. The van der Waals surface area contributed by atoms with Gasteiger partial charge in [0.2, 0.25) is 0 Å². The van der Waals surface area contributed by atoms with Crippen LogP contribution in [0.3, 0.4) is 0 Å². The molecule has 1 saturated heterocycles. The molecular weight excluding hydrogens is 889 g/mol. The second kappa shape index (κ2) is 22.6. The number of alkyl halides is 6. The minimum absolute atomic E-state index is 0.0357. The Kier molecular flexibility index (Phi) is 17.8. The van der Waals surface area contributed by atoms with E-state index in [4.69, 9.17) is 37.5 Å². The van der Waals surface area contributed by atoms with Gasteiger partial charge in [0.05, 0.1) is 46.5 Å². The molecular formula is C44H51F6N4O10P. The summed E-state index contributed by atoms with van der Waals surface area (Å²) in [6, 6.07) is 26.0. The predicted molar refractivity (Wildman–Crippen MR) is 225 cm³/mol. The minimum atomic E-state index is -5.69. The van der Waals surface area contributed by atoms with Gasteiger partial charge in [-0.3, -0.25) is 14.3 Å². The van der Waals surface area contributed by atoms with E-state index in [2.05, 4.69) is 4.98 Å². The van der Waals surface area contributed by atoms with Gasteiger partial charge in [-0.15, -0.1) is 0 Å². The highest BCUT2D eigenvalue weighted by Crippen LogP contribution is 2.51. The number of H-pyrrole nitrogens is 1. The Bertz CT molecular complexity index is 2190. The maximum absolute atomic E-state index is 13.5. The number of rotatable bonds is 22. The van der Waals surface area contributed by atoms with E-state index >= 15 is 0 Å². The van der Waals surface area contributed by atoms with Gasteiger partial charge < -0.3 is 37.5 Å². The van der Waals surface area contributed by atoms with Crippen LogP contribution in [0.25, 0.3) is 0 Å². The average Bonchev–Trinajstić information content (AvgIpc) is 3.59. The van der Waals surface area contributed by atoms with Crippen molar-refractivity contribution in [1.29, 1.82) is 5.26 Å². The Labute approximate surface area is 372 Å². The quantitative estimate of drug-likeness (QED) is 0.0265. The van der Waals surface area contributed by atoms with Crippen LogP contribution in [-0.4, -0.2) is 97.8 Å². The Morgan fingerprint density at radius 3 is 1.86 bits per heavy atom. The number of benzene rings is 3. The molecule has 65 heavy (non-hydrogen) atoms.